The van der Waals surface area contributed by atoms with Gasteiger partial charge in [0.2, 0.25) is 0 Å². The first-order valence-electron chi connectivity index (χ1n) is 7.91. The van der Waals surface area contributed by atoms with Crippen LogP contribution in [0.15, 0.2) is 41.6 Å². The Kier molecular flexibility index (Phi) is 6.93. The smallest absolute Gasteiger partial charge is 0.253 e. The van der Waals surface area contributed by atoms with E-state index in [2.05, 4.69) is 5.16 Å². The van der Waals surface area contributed by atoms with Gasteiger partial charge in [-0.2, -0.15) is 0 Å². The molecule has 0 aliphatic carbocycles. The monoisotopic (exact) mass is 412 g/mol. The lowest BCUT2D eigenvalue weighted by molar-refractivity contribution is 0.0813. The summed E-state index contributed by atoms with van der Waals surface area (Å²) in [6.07, 6.45) is 0. The number of nitrogens with zero attached hydrogens (tertiary/aromatic N) is 2. The zero-order valence-corrected chi connectivity index (χ0v) is 16.9. The highest BCUT2D eigenvalue weighted by Gasteiger charge is 2.20. The van der Waals surface area contributed by atoms with Gasteiger partial charge in [0.05, 0.1) is 22.3 Å². The number of benzene rings is 2. The first-order valence-corrected chi connectivity index (χ1v) is 9.04. The molecule has 4 nitrogen and oxygen atoms in total. The van der Waals surface area contributed by atoms with Crippen LogP contribution in [-0.2, 0) is 0 Å². The van der Waals surface area contributed by atoms with Gasteiger partial charge in [-0.1, -0.05) is 52.9 Å². The summed E-state index contributed by atoms with van der Waals surface area (Å²) in [4.78, 5) is 14.1. The number of oxime groups is 1. The molecule has 0 saturated carbocycles. The second kappa shape index (κ2) is 8.76. The minimum Gasteiger partial charge on any atom is -0.411 e. The number of hydrogen-bond acceptors (Lipinski definition) is 3. The Labute approximate surface area is 168 Å². The Morgan fingerprint density at radius 1 is 1.15 bits per heavy atom. The van der Waals surface area contributed by atoms with E-state index >= 15 is 0 Å². The van der Waals surface area contributed by atoms with Crippen molar-refractivity contribution < 1.29 is 10.0 Å². The summed E-state index contributed by atoms with van der Waals surface area (Å²) in [7, 11) is 1.64. The van der Waals surface area contributed by atoms with E-state index in [-0.39, 0.29) is 18.4 Å². The largest absolute Gasteiger partial charge is 0.411 e. The molecule has 0 aliphatic heterocycles. The summed E-state index contributed by atoms with van der Waals surface area (Å²) in [6, 6.07) is 10.4. The number of rotatable bonds is 5. The van der Waals surface area contributed by atoms with Crippen molar-refractivity contribution >= 4 is 46.4 Å². The number of carbonyl (C=O) groups excluding carboxylic acids is 1. The molecule has 0 radical (unpaired) electrons. The van der Waals surface area contributed by atoms with Gasteiger partial charge < -0.3 is 10.1 Å². The van der Waals surface area contributed by atoms with Crippen LogP contribution in [0.5, 0.6) is 0 Å². The van der Waals surface area contributed by atoms with Crippen LogP contribution in [0, 0.1) is 6.92 Å². The quantitative estimate of drug-likeness (QED) is 0.390. The second-order valence-corrected chi connectivity index (χ2v) is 7.42. The molecule has 26 heavy (non-hydrogen) atoms. The molecule has 0 aliphatic rings. The van der Waals surface area contributed by atoms with E-state index in [1.54, 1.807) is 37.4 Å². The molecule has 0 heterocycles. The number of halogens is 3. The van der Waals surface area contributed by atoms with E-state index in [0.717, 1.165) is 11.1 Å². The molecule has 2 aromatic carbocycles. The van der Waals surface area contributed by atoms with Crippen molar-refractivity contribution in [2.75, 3.05) is 13.6 Å². The highest BCUT2D eigenvalue weighted by Crippen LogP contribution is 2.27. The van der Waals surface area contributed by atoms with Crippen molar-refractivity contribution in [2.24, 2.45) is 5.16 Å². The summed E-state index contributed by atoms with van der Waals surface area (Å²) in [5.74, 6) is -0.454. The van der Waals surface area contributed by atoms with Crippen LogP contribution < -0.4 is 0 Å². The van der Waals surface area contributed by atoms with Gasteiger partial charge in [0.15, 0.2) is 0 Å². The van der Waals surface area contributed by atoms with Crippen LogP contribution in [0.4, 0.5) is 0 Å². The third-order valence-corrected chi connectivity index (χ3v) is 5.06. The van der Waals surface area contributed by atoms with Gasteiger partial charge in [-0.25, -0.2) is 0 Å². The average molecular weight is 414 g/mol. The van der Waals surface area contributed by atoms with Gasteiger partial charge in [0.1, 0.15) is 0 Å². The third kappa shape index (κ3) is 4.91. The van der Waals surface area contributed by atoms with E-state index in [0.29, 0.717) is 26.3 Å². The van der Waals surface area contributed by atoms with Crippen LogP contribution >= 0.6 is 34.8 Å². The van der Waals surface area contributed by atoms with Crippen molar-refractivity contribution in [3.63, 3.8) is 0 Å². The predicted octanol–water partition coefficient (Wildman–Crippen LogP) is 5.66. The molecule has 1 amide bonds. The minimum absolute atomic E-state index is 0.155. The fourth-order valence-electron chi connectivity index (χ4n) is 2.62. The molecular weight excluding hydrogens is 395 g/mol. The Balaban J connectivity index is 2.18. The summed E-state index contributed by atoms with van der Waals surface area (Å²) >= 11 is 18.0. The van der Waals surface area contributed by atoms with Gasteiger partial charge in [-0.3, -0.25) is 4.79 Å². The summed E-state index contributed by atoms with van der Waals surface area (Å²) in [5.41, 5.74) is 2.65. The van der Waals surface area contributed by atoms with Crippen molar-refractivity contribution in [3.05, 3.63) is 68.2 Å². The molecule has 0 aromatic heterocycles. The summed E-state index contributed by atoms with van der Waals surface area (Å²) in [6.45, 7) is 3.90. The molecule has 0 bridgehead atoms. The van der Waals surface area contributed by atoms with Crippen LogP contribution in [0.2, 0.25) is 15.1 Å². The number of carbonyl (C=O) groups is 1. The molecule has 0 spiro atoms. The van der Waals surface area contributed by atoms with Crippen LogP contribution in [0.25, 0.3) is 0 Å². The SMILES string of the molecule is Cc1cc(Cl)cc(C(=O)N(C)C/C(=N/O)C(C)c2ccc(Cl)c(Cl)c2)c1. The fourth-order valence-corrected chi connectivity index (χ4v) is 3.22. The Bertz CT molecular complexity index is 832. The molecule has 7 heteroatoms. The molecule has 1 N–H and O–H groups in total. The summed E-state index contributed by atoms with van der Waals surface area (Å²) in [5, 5.41) is 14.2. The van der Waals surface area contributed by atoms with Gasteiger partial charge in [-0.05, 0) is 48.4 Å². The highest BCUT2D eigenvalue weighted by atomic mass is 35.5. The average Bonchev–Trinajstić information content (AvgIpc) is 2.59. The number of amides is 1. The maximum absolute atomic E-state index is 12.7. The van der Waals surface area contributed by atoms with E-state index in [9.17, 15) is 10.0 Å². The molecule has 0 fully saturated rings. The normalized spacial score (nSPS) is 12.8. The van der Waals surface area contributed by atoms with Crippen molar-refractivity contribution in [1.29, 1.82) is 0 Å². The predicted molar refractivity (Wildman–Crippen MR) is 107 cm³/mol. The first-order chi connectivity index (χ1) is 12.2. The van der Waals surface area contributed by atoms with E-state index in [1.165, 1.54) is 4.90 Å². The lowest BCUT2D eigenvalue weighted by Gasteiger charge is -2.22. The minimum atomic E-state index is -0.244. The molecule has 0 saturated heterocycles. The molecular formula is C19H19Cl3N2O2. The topological polar surface area (TPSA) is 52.9 Å². The van der Waals surface area contributed by atoms with Crippen LogP contribution in [-0.4, -0.2) is 35.3 Å². The van der Waals surface area contributed by atoms with Gasteiger partial charge >= 0.3 is 0 Å². The Hall–Kier alpha value is -1.75. The van der Waals surface area contributed by atoms with E-state index < -0.39 is 0 Å². The Morgan fingerprint density at radius 2 is 1.85 bits per heavy atom. The molecule has 1 atom stereocenters. The van der Waals surface area contributed by atoms with Crippen molar-refractivity contribution in [3.8, 4) is 0 Å². The number of hydrogen-bond donors (Lipinski definition) is 1. The molecule has 2 rings (SSSR count). The van der Waals surface area contributed by atoms with Crippen molar-refractivity contribution in [2.45, 2.75) is 19.8 Å². The first kappa shape index (κ1) is 20.6. The maximum atomic E-state index is 12.7. The van der Waals surface area contributed by atoms with E-state index in [1.807, 2.05) is 19.9 Å². The summed E-state index contributed by atoms with van der Waals surface area (Å²) < 4.78 is 0. The van der Waals surface area contributed by atoms with E-state index in [4.69, 9.17) is 34.8 Å². The lowest BCUT2D eigenvalue weighted by atomic mass is 9.95. The number of aryl methyl sites for hydroxylation is 1. The van der Waals surface area contributed by atoms with Gasteiger partial charge in [-0.15, -0.1) is 0 Å². The van der Waals surface area contributed by atoms with Gasteiger partial charge in [0.25, 0.3) is 5.91 Å². The third-order valence-electron chi connectivity index (χ3n) is 4.11. The Morgan fingerprint density at radius 3 is 2.42 bits per heavy atom. The molecule has 2 aromatic rings. The zero-order chi connectivity index (χ0) is 19.4. The molecule has 138 valence electrons. The lowest BCUT2D eigenvalue weighted by Crippen LogP contribution is -2.34. The van der Waals surface area contributed by atoms with Crippen molar-refractivity contribution in [1.82, 2.24) is 4.90 Å². The van der Waals surface area contributed by atoms with Crippen LogP contribution in [0.3, 0.4) is 0 Å². The second-order valence-electron chi connectivity index (χ2n) is 6.17. The standard InChI is InChI=1S/C19H19Cl3N2O2/c1-11-6-14(8-15(20)7-11)19(25)24(3)10-18(23-26)12(2)13-4-5-16(21)17(22)9-13/h4-9,12,26H,10H2,1-3H3/b23-18-. The molecule has 1 unspecified atom stereocenters. The van der Waals surface area contributed by atoms with Gasteiger partial charge in [0, 0.05) is 23.6 Å². The van der Waals surface area contributed by atoms with Crippen LogP contribution in [0.1, 0.15) is 34.3 Å². The fraction of sp³-hybridized carbons (Fsp3) is 0.263. The highest BCUT2D eigenvalue weighted by molar-refractivity contribution is 6.42. The maximum Gasteiger partial charge on any atom is 0.253 e. The zero-order valence-electron chi connectivity index (χ0n) is 14.6.